The van der Waals surface area contributed by atoms with Crippen LogP contribution < -0.4 is 0 Å². The Balaban J connectivity index is 2.21. The maximum Gasteiger partial charge on any atom is 0.256 e. The molecule has 2 heterocycles. The van der Waals surface area contributed by atoms with Gasteiger partial charge in [0, 0.05) is 29.4 Å². The highest BCUT2D eigenvalue weighted by Gasteiger charge is 2.28. The van der Waals surface area contributed by atoms with Gasteiger partial charge in [0.2, 0.25) is 0 Å². The average Bonchev–Trinajstić information content (AvgIpc) is 2.67. The molecule has 2 rings (SSSR count). The predicted octanol–water partition coefficient (Wildman–Crippen LogP) is 3.17. The Morgan fingerprint density at radius 2 is 1.74 bits per heavy atom. The van der Waals surface area contributed by atoms with Crippen molar-refractivity contribution in [2.45, 2.75) is 52.1 Å². The van der Waals surface area contributed by atoms with E-state index in [1.165, 1.54) is 0 Å². The molecule has 0 aromatic carbocycles. The van der Waals surface area contributed by atoms with Crippen molar-refractivity contribution < 1.29 is 4.79 Å². The zero-order valence-electron chi connectivity index (χ0n) is 12.3. The molecule has 0 radical (unpaired) electrons. The predicted molar refractivity (Wildman–Crippen MR) is 77.2 cm³/mol. The molecule has 1 aromatic rings. The first kappa shape index (κ1) is 13.8. The van der Waals surface area contributed by atoms with E-state index in [0.29, 0.717) is 5.56 Å². The summed E-state index contributed by atoms with van der Waals surface area (Å²) in [5, 5.41) is 0. The molecule has 1 aliphatic heterocycles. The molecule has 0 aliphatic carbocycles. The van der Waals surface area contributed by atoms with Gasteiger partial charge in [-0.3, -0.25) is 9.78 Å². The first-order valence-corrected chi connectivity index (χ1v) is 6.78. The zero-order valence-corrected chi connectivity index (χ0v) is 12.3. The Kier molecular flexibility index (Phi) is 3.48. The second-order valence-corrected chi connectivity index (χ2v) is 6.26. The summed E-state index contributed by atoms with van der Waals surface area (Å²) in [7, 11) is 0. The van der Waals surface area contributed by atoms with Crippen LogP contribution >= 0.6 is 0 Å². The van der Waals surface area contributed by atoms with E-state index in [0.717, 1.165) is 5.69 Å². The monoisotopic (exact) mass is 258 g/mol. The molecular weight excluding hydrogens is 236 g/mol. The Morgan fingerprint density at radius 1 is 1.16 bits per heavy atom. The Hall–Kier alpha value is -1.64. The van der Waals surface area contributed by atoms with Gasteiger partial charge in [-0.15, -0.1) is 0 Å². The molecule has 1 amide bonds. The lowest BCUT2D eigenvalue weighted by Crippen LogP contribution is -2.39. The summed E-state index contributed by atoms with van der Waals surface area (Å²) in [6.07, 6.45) is 5.83. The molecule has 0 saturated heterocycles. The van der Waals surface area contributed by atoms with E-state index in [2.05, 4.69) is 37.9 Å². The summed E-state index contributed by atoms with van der Waals surface area (Å²) in [5.41, 5.74) is 1.68. The van der Waals surface area contributed by atoms with Crippen molar-refractivity contribution in [1.82, 2.24) is 9.88 Å². The highest BCUT2D eigenvalue weighted by Crippen LogP contribution is 2.22. The van der Waals surface area contributed by atoms with E-state index in [9.17, 15) is 4.79 Å². The lowest BCUT2D eigenvalue weighted by Gasteiger charge is -2.26. The van der Waals surface area contributed by atoms with Crippen molar-refractivity contribution in [3.05, 3.63) is 41.7 Å². The fourth-order valence-electron chi connectivity index (χ4n) is 2.36. The van der Waals surface area contributed by atoms with Crippen molar-refractivity contribution in [2.24, 2.45) is 0 Å². The third-order valence-electron chi connectivity index (χ3n) is 3.56. The van der Waals surface area contributed by atoms with Crippen LogP contribution in [0.5, 0.6) is 0 Å². The molecule has 0 N–H and O–H groups in total. The largest absolute Gasteiger partial charge is 0.326 e. The van der Waals surface area contributed by atoms with Gasteiger partial charge in [0.15, 0.2) is 0 Å². The van der Waals surface area contributed by atoms with Gasteiger partial charge in [0.1, 0.15) is 0 Å². The number of carbonyl (C=O) groups excluding carboxylic acids is 1. The van der Waals surface area contributed by atoms with Gasteiger partial charge in [-0.1, -0.05) is 32.9 Å². The Labute approximate surface area is 115 Å². The average molecular weight is 258 g/mol. The molecule has 2 unspecified atom stereocenters. The molecule has 102 valence electrons. The SMILES string of the molecule is CC1C=CC(C)N1C(=O)c1ccc(C(C)(C)C)nc1. The minimum atomic E-state index is 0.0113. The molecule has 0 bridgehead atoms. The van der Waals surface area contributed by atoms with Crippen molar-refractivity contribution in [3.63, 3.8) is 0 Å². The normalized spacial score (nSPS) is 22.9. The third-order valence-corrected chi connectivity index (χ3v) is 3.56. The minimum Gasteiger partial charge on any atom is -0.326 e. The van der Waals surface area contributed by atoms with Gasteiger partial charge in [-0.25, -0.2) is 0 Å². The first-order valence-electron chi connectivity index (χ1n) is 6.78. The summed E-state index contributed by atoms with van der Waals surface area (Å²) in [5.74, 6) is 0.0537. The number of pyridine rings is 1. The Morgan fingerprint density at radius 3 is 2.16 bits per heavy atom. The van der Waals surface area contributed by atoms with Crippen molar-refractivity contribution in [1.29, 1.82) is 0 Å². The van der Waals surface area contributed by atoms with Crippen molar-refractivity contribution in [3.8, 4) is 0 Å². The number of hydrogen-bond donors (Lipinski definition) is 0. The summed E-state index contributed by atoms with van der Waals surface area (Å²) in [6, 6.07) is 4.15. The van der Waals surface area contributed by atoms with Crippen LogP contribution in [0.25, 0.3) is 0 Å². The van der Waals surface area contributed by atoms with Crippen LogP contribution in [-0.4, -0.2) is 27.9 Å². The van der Waals surface area contributed by atoms with E-state index in [1.807, 2.05) is 30.9 Å². The summed E-state index contributed by atoms with van der Waals surface area (Å²) < 4.78 is 0. The van der Waals surface area contributed by atoms with E-state index in [1.54, 1.807) is 6.20 Å². The van der Waals surface area contributed by atoms with Gasteiger partial charge in [-0.2, -0.15) is 0 Å². The van der Waals surface area contributed by atoms with E-state index in [4.69, 9.17) is 0 Å². The van der Waals surface area contributed by atoms with Crippen LogP contribution in [0.4, 0.5) is 0 Å². The maximum absolute atomic E-state index is 12.5. The van der Waals surface area contributed by atoms with Gasteiger partial charge in [-0.05, 0) is 26.0 Å². The minimum absolute atomic E-state index is 0.0113. The first-order chi connectivity index (χ1) is 8.80. The van der Waals surface area contributed by atoms with Crippen LogP contribution in [0.2, 0.25) is 0 Å². The van der Waals surface area contributed by atoms with Crippen LogP contribution in [0.1, 0.15) is 50.7 Å². The molecule has 3 nitrogen and oxygen atoms in total. The number of nitrogens with zero attached hydrogens (tertiary/aromatic N) is 2. The van der Waals surface area contributed by atoms with Crippen molar-refractivity contribution in [2.75, 3.05) is 0 Å². The Bertz CT molecular complexity index is 484. The van der Waals surface area contributed by atoms with Crippen LogP contribution in [-0.2, 0) is 5.41 Å². The highest BCUT2D eigenvalue weighted by atomic mass is 16.2. The number of hydrogen-bond acceptors (Lipinski definition) is 2. The second kappa shape index (κ2) is 4.80. The highest BCUT2D eigenvalue weighted by molar-refractivity contribution is 5.94. The van der Waals surface area contributed by atoms with E-state index < -0.39 is 0 Å². The lowest BCUT2D eigenvalue weighted by molar-refractivity contribution is 0.0709. The zero-order chi connectivity index (χ0) is 14.2. The van der Waals surface area contributed by atoms with Gasteiger partial charge >= 0.3 is 0 Å². The van der Waals surface area contributed by atoms with Crippen LogP contribution in [0.15, 0.2) is 30.5 Å². The number of amides is 1. The molecule has 1 aromatic heterocycles. The number of rotatable bonds is 1. The van der Waals surface area contributed by atoms with Gasteiger partial charge in [0.05, 0.1) is 5.56 Å². The molecule has 0 saturated carbocycles. The molecular formula is C16H22N2O. The molecule has 2 atom stereocenters. The number of aromatic nitrogens is 1. The summed E-state index contributed by atoms with van der Waals surface area (Å²) in [6.45, 7) is 10.4. The lowest BCUT2D eigenvalue weighted by atomic mass is 9.91. The van der Waals surface area contributed by atoms with Crippen LogP contribution in [0.3, 0.4) is 0 Å². The summed E-state index contributed by atoms with van der Waals surface area (Å²) >= 11 is 0. The fraction of sp³-hybridized carbons (Fsp3) is 0.500. The molecule has 0 fully saturated rings. The van der Waals surface area contributed by atoms with Gasteiger partial charge < -0.3 is 4.90 Å². The smallest absolute Gasteiger partial charge is 0.256 e. The maximum atomic E-state index is 12.5. The molecule has 3 heteroatoms. The molecule has 1 aliphatic rings. The van der Waals surface area contributed by atoms with Gasteiger partial charge in [0.25, 0.3) is 5.91 Å². The second-order valence-electron chi connectivity index (χ2n) is 6.26. The molecule has 0 spiro atoms. The third kappa shape index (κ3) is 2.70. The fourth-order valence-corrected chi connectivity index (χ4v) is 2.36. The quantitative estimate of drug-likeness (QED) is 0.725. The number of carbonyl (C=O) groups is 1. The standard InChI is InChI=1S/C16H22N2O/c1-11-6-7-12(2)18(11)15(19)13-8-9-14(17-10-13)16(3,4)5/h6-12H,1-5H3. The van der Waals surface area contributed by atoms with Crippen molar-refractivity contribution >= 4 is 5.91 Å². The van der Waals surface area contributed by atoms with E-state index in [-0.39, 0.29) is 23.4 Å². The molecule has 19 heavy (non-hydrogen) atoms. The summed E-state index contributed by atoms with van der Waals surface area (Å²) in [4.78, 5) is 18.8. The van der Waals surface area contributed by atoms with E-state index >= 15 is 0 Å². The topological polar surface area (TPSA) is 33.2 Å². The van der Waals surface area contributed by atoms with Crippen LogP contribution in [0, 0.1) is 0 Å².